The van der Waals surface area contributed by atoms with Crippen LogP contribution in [-0.4, -0.2) is 17.3 Å². The molecule has 0 heterocycles. The maximum absolute atomic E-state index is 12.7. The minimum absolute atomic E-state index is 0.0389. The molecule has 0 saturated heterocycles. The number of halogens is 1. The van der Waals surface area contributed by atoms with E-state index in [0.717, 1.165) is 6.08 Å². The standard InChI is InChI=1S/C10H10FNO2/c1-2-9(11)12-10(14)7-5-3-4-6-8(7)13/h2-6,9,13H,1H2,(H,12,14). The van der Waals surface area contributed by atoms with Crippen molar-refractivity contribution in [3.05, 3.63) is 42.5 Å². The Balaban J connectivity index is 2.80. The van der Waals surface area contributed by atoms with Crippen LogP contribution in [0.2, 0.25) is 0 Å². The van der Waals surface area contributed by atoms with Gasteiger partial charge in [-0.1, -0.05) is 18.7 Å². The first-order valence-electron chi connectivity index (χ1n) is 4.00. The second kappa shape index (κ2) is 4.41. The average Bonchev–Trinajstić information content (AvgIpc) is 2.18. The monoisotopic (exact) mass is 195 g/mol. The van der Waals surface area contributed by atoms with Crippen molar-refractivity contribution in [3.63, 3.8) is 0 Å². The van der Waals surface area contributed by atoms with Gasteiger partial charge < -0.3 is 10.4 Å². The van der Waals surface area contributed by atoms with E-state index >= 15 is 0 Å². The summed E-state index contributed by atoms with van der Waals surface area (Å²) in [5.74, 6) is -0.850. The number of phenolic OH excluding ortho intramolecular Hbond substituents is 1. The van der Waals surface area contributed by atoms with Crippen LogP contribution in [0.1, 0.15) is 10.4 Å². The largest absolute Gasteiger partial charge is 0.507 e. The first kappa shape index (κ1) is 10.2. The van der Waals surface area contributed by atoms with Gasteiger partial charge in [0.05, 0.1) is 5.56 Å². The number of amides is 1. The molecule has 1 amide bonds. The molecule has 0 aliphatic heterocycles. The molecule has 0 bridgehead atoms. The van der Waals surface area contributed by atoms with Gasteiger partial charge in [0.1, 0.15) is 5.75 Å². The lowest BCUT2D eigenvalue weighted by Gasteiger charge is -2.07. The van der Waals surface area contributed by atoms with Gasteiger partial charge in [-0.3, -0.25) is 4.79 Å². The van der Waals surface area contributed by atoms with Crippen molar-refractivity contribution < 1.29 is 14.3 Å². The topological polar surface area (TPSA) is 49.3 Å². The molecule has 1 rings (SSSR count). The number of aromatic hydroxyl groups is 1. The van der Waals surface area contributed by atoms with Crippen LogP contribution < -0.4 is 5.32 Å². The number of alkyl halides is 1. The predicted molar refractivity (Wildman–Crippen MR) is 50.7 cm³/mol. The van der Waals surface area contributed by atoms with E-state index in [4.69, 9.17) is 0 Å². The first-order chi connectivity index (χ1) is 6.65. The molecule has 14 heavy (non-hydrogen) atoms. The number of para-hydroxylation sites is 1. The van der Waals surface area contributed by atoms with Gasteiger partial charge in [-0.15, -0.1) is 0 Å². The van der Waals surface area contributed by atoms with Crippen LogP contribution in [0, 0.1) is 0 Å². The Bertz CT molecular complexity index is 352. The molecule has 1 aromatic rings. The summed E-state index contributed by atoms with van der Waals surface area (Å²) in [5.41, 5.74) is 0.0389. The summed E-state index contributed by atoms with van der Waals surface area (Å²) in [6, 6.07) is 5.92. The zero-order chi connectivity index (χ0) is 10.6. The van der Waals surface area contributed by atoms with Crippen molar-refractivity contribution in [2.45, 2.75) is 6.30 Å². The summed E-state index contributed by atoms with van der Waals surface area (Å²) in [6.45, 7) is 3.18. The number of rotatable bonds is 3. The SMILES string of the molecule is C=CC(F)NC(=O)c1ccccc1O. The second-order valence-electron chi connectivity index (χ2n) is 2.63. The predicted octanol–water partition coefficient (Wildman–Crippen LogP) is 1.60. The van der Waals surface area contributed by atoms with Gasteiger partial charge in [-0.2, -0.15) is 0 Å². The number of nitrogens with one attached hydrogen (secondary N) is 1. The molecule has 0 aromatic heterocycles. The Labute approximate surface area is 80.9 Å². The van der Waals surface area contributed by atoms with Crippen LogP contribution in [-0.2, 0) is 0 Å². The molecule has 1 atom stereocenters. The summed E-state index contributed by atoms with van der Waals surface area (Å²) in [7, 11) is 0. The summed E-state index contributed by atoms with van der Waals surface area (Å²) in [5, 5.41) is 11.3. The second-order valence-corrected chi connectivity index (χ2v) is 2.63. The molecule has 2 N–H and O–H groups in total. The smallest absolute Gasteiger partial charge is 0.257 e. The zero-order valence-electron chi connectivity index (χ0n) is 7.40. The number of carbonyl (C=O) groups excluding carboxylic acids is 1. The van der Waals surface area contributed by atoms with Gasteiger partial charge in [0.15, 0.2) is 6.30 Å². The lowest BCUT2D eigenvalue weighted by Crippen LogP contribution is -2.29. The fourth-order valence-corrected chi connectivity index (χ4v) is 0.928. The van der Waals surface area contributed by atoms with Crippen LogP contribution >= 0.6 is 0 Å². The highest BCUT2D eigenvalue weighted by Crippen LogP contribution is 2.15. The van der Waals surface area contributed by atoms with Crippen LogP contribution in [0.4, 0.5) is 4.39 Å². The normalized spacial score (nSPS) is 11.8. The van der Waals surface area contributed by atoms with E-state index in [9.17, 15) is 14.3 Å². The van der Waals surface area contributed by atoms with Crippen molar-refractivity contribution in [2.24, 2.45) is 0 Å². The van der Waals surface area contributed by atoms with Gasteiger partial charge in [-0.25, -0.2) is 4.39 Å². The minimum Gasteiger partial charge on any atom is -0.507 e. The Morgan fingerprint density at radius 3 is 2.79 bits per heavy atom. The van der Waals surface area contributed by atoms with Crippen LogP contribution in [0.15, 0.2) is 36.9 Å². The number of carbonyl (C=O) groups is 1. The molecule has 0 aliphatic rings. The van der Waals surface area contributed by atoms with Gasteiger partial charge in [0.25, 0.3) is 5.91 Å². The van der Waals surface area contributed by atoms with Crippen molar-refractivity contribution in [3.8, 4) is 5.75 Å². The summed E-state index contributed by atoms with van der Waals surface area (Å²) in [6.07, 6.45) is -0.653. The van der Waals surface area contributed by atoms with Crippen molar-refractivity contribution in [2.75, 3.05) is 0 Å². The molecule has 0 fully saturated rings. The molecule has 0 radical (unpaired) electrons. The van der Waals surface area contributed by atoms with E-state index in [1.165, 1.54) is 12.1 Å². The van der Waals surface area contributed by atoms with Crippen molar-refractivity contribution in [1.29, 1.82) is 0 Å². The number of benzene rings is 1. The van der Waals surface area contributed by atoms with E-state index in [0.29, 0.717) is 0 Å². The molecule has 0 aliphatic carbocycles. The molecule has 1 unspecified atom stereocenters. The van der Waals surface area contributed by atoms with E-state index in [1.54, 1.807) is 12.1 Å². The Kier molecular flexibility index (Phi) is 3.23. The number of phenols is 1. The van der Waals surface area contributed by atoms with Crippen LogP contribution in [0.5, 0.6) is 5.75 Å². The summed E-state index contributed by atoms with van der Waals surface area (Å²) < 4.78 is 12.7. The molecule has 1 aromatic carbocycles. The van der Waals surface area contributed by atoms with E-state index < -0.39 is 12.2 Å². The number of hydrogen-bond acceptors (Lipinski definition) is 2. The van der Waals surface area contributed by atoms with Crippen molar-refractivity contribution >= 4 is 5.91 Å². The molecular weight excluding hydrogens is 185 g/mol. The average molecular weight is 195 g/mol. The van der Waals surface area contributed by atoms with Gasteiger partial charge in [-0.05, 0) is 18.2 Å². The van der Waals surface area contributed by atoms with Gasteiger partial charge in [0.2, 0.25) is 0 Å². The highest BCUT2D eigenvalue weighted by Gasteiger charge is 2.12. The molecule has 0 saturated carbocycles. The third-order valence-electron chi connectivity index (χ3n) is 1.62. The minimum atomic E-state index is -1.61. The van der Waals surface area contributed by atoms with E-state index in [1.807, 2.05) is 5.32 Å². The third-order valence-corrected chi connectivity index (χ3v) is 1.62. The number of hydrogen-bond donors (Lipinski definition) is 2. The molecule has 0 spiro atoms. The maximum atomic E-state index is 12.7. The fraction of sp³-hybridized carbons (Fsp3) is 0.100. The molecule has 74 valence electrons. The quantitative estimate of drug-likeness (QED) is 0.568. The lowest BCUT2D eigenvalue weighted by atomic mass is 10.2. The van der Waals surface area contributed by atoms with Crippen LogP contribution in [0.25, 0.3) is 0 Å². The van der Waals surface area contributed by atoms with Crippen molar-refractivity contribution in [1.82, 2.24) is 5.32 Å². The Morgan fingerprint density at radius 2 is 2.21 bits per heavy atom. The highest BCUT2D eigenvalue weighted by atomic mass is 19.1. The fourth-order valence-electron chi connectivity index (χ4n) is 0.928. The lowest BCUT2D eigenvalue weighted by molar-refractivity contribution is 0.0913. The molecular formula is C10H10FNO2. The van der Waals surface area contributed by atoms with E-state index in [-0.39, 0.29) is 11.3 Å². The van der Waals surface area contributed by atoms with Gasteiger partial charge >= 0.3 is 0 Å². The molecule has 3 nitrogen and oxygen atoms in total. The Hall–Kier alpha value is -1.84. The van der Waals surface area contributed by atoms with E-state index in [2.05, 4.69) is 6.58 Å². The third kappa shape index (κ3) is 2.32. The highest BCUT2D eigenvalue weighted by molar-refractivity contribution is 5.96. The summed E-state index contributed by atoms with van der Waals surface area (Å²) >= 11 is 0. The maximum Gasteiger partial charge on any atom is 0.257 e. The van der Waals surface area contributed by atoms with Gasteiger partial charge in [0, 0.05) is 0 Å². The Morgan fingerprint density at radius 1 is 1.57 bits per heavy atom. The first-order valence-corrected chi connectivity index (χ1v) is 4.00. The molecule has 4 heteroatoms. The summed E-state index contributed by atoms with van der Waals surface area (Å²) in [4.78, 5) is 11.3. The zero-order valence-corrected chi connectivity index (χ0v) is 7.40. The van der Waals surface area contributed by atoms with Crippen LogP contribution in [0.3, 0.4) is 0 Å².